The number of esters is 1. The van der Waals surface area contributed by atoms with Gasteiger partial charge in [0, 0.05) is 28.2 Å². The molecule has 154 valence electrons. The fourth-order valence-electron chi connectivity index (χ4n) is 3.74. The molecule has 1 N–H and O–H groups in total. The lowest BCUT2D eigenvalue weighted by Gasteiger charge is -2.28. The van der Waals surface area contributed by atoms with Crippen molar-refractivity contribution in [3.8, 4) is 5.69 Å². The van der Waals surface area contributed by atoms with Gasteiger partial charge in [-0.15, -0.1) is 0 Å². The Balaban J connectivity index is 1.79. The molecule has 0 radical (unpaired) electrons. The number of ether oxygens (including phenoxy) is 1. The summed E-state index contributed by atoms with van der Waals surface area (Å²) in [5.41, 5.74) is 2.87. The molecule has 0 unspecified atom stereocenters. The second-order valence-corrected chi connectivity index (χ2v) is 8.14. The first kappa shape index (κ1) is 20.6. The van der Waals surface area contributed by atoms with Crippen LogP contribution in [0.2, 0.25) is 0 Å². The summed E-state index contributed by atoms with van der Waals surface area (Å²) in [4.78, 5) is 18.7. The fraction of sp³-hybridized carbons (Fsp3) is 0.227. The third-order valence-corrected chi connectivity index (χ3v) is 5.82. The van der Waals surface area contributed by atoms with Crippen LogP contribution < -0.4 is 5.32 Å². The van der Waals surface area contributed by atoms with Crippen LogP contribution in [0.15, 0.2) is 71.5 Å². The van der Waals surface area contributed by atoms with Gasteiger partial charge < -0.3 is 19.5 Å². The van der Waals surface area contributed by atoms with Crippen molar-refractivity contribution >= 4 is 39.2 Å². The van der Waals surface area contributed by atoms with Crippen molar-refractivity contribution in [3.63, 3.8) is 0 Å². The van der Waals surface area contributed by atoms with Gasteiger partial charge in [-0.1, -0.05) is 28.1 Å². The van der Waals surface area contributed by atoms with Crippen molar-refractivity contribution in [1.29, 1.82) is 0 Å². The van der Waals surface area contributed by atoms with Crippen LogP contribution in [0.5, 0.6) is 0 Å². The zero-order valence-corrected chi connectivity index (χ0v) is 18.8. The van der Waals surface area contributed by atoms with Crippen LogP contribution >= 0.6 is 28.1 Å². The molecule has 6 nitrogen and oxygen atoms in total. The van der Waals surface area contributed by atoms with E-state index in [1.54, 1.807) is 13.1 Å². The van der Waals surface area contributed by atoms with Gasteiger partial charge >= 0.3 is 5.97 Å². The molecule has 2 atom stereocenters. The molecule has 0 amide bonds. The molecule has 0 saturated carbocycles. The van der Waals surface area contributed by atoms with Gasteiger partial charge in [0.15, 0.2) is 5.11 Å². The Morgan fingerprint density at radius 3 is 2.83 bits per heavy atom. The summed E-state index contributed by atoms with van der Waals surface area (Å²) in [6.45, 7) is 2.19. The molecule has 3 aromatic rings. The Labute approximate surface area is 189 Å². The maximum Gasteiger partial charge on any atom is 0.325 e. The lowest BCUT2D eigenvalue weighted by molar-refractivity contribution is -0.143. The van der Waals surface area contributed by atoms with Gasteiger partial charge in [-0.05, 0) is 61.6 Å². The Bertz CT molecular complexity index is 1060. The van der Waals surface area contributed by atoms with E-state index < -0.39 is 0 Å². The van der Waals surface area contributed by atoms with Gasteiger partial charge in [-0.3, -0.25) is 9.78 Å². The number of pyridine rings is 1. The van der Waals surface area contributed by atoms with E-state index in [4.69, 9.17) is 17.0 Å². The smallest absolute Gasteiger partial charge is 0.325 e. The SMILES string of the molecule is CCOC(=O)CN1C(=S)N[C@H](c2ccccn2)[C@@H]1c1cccn1-c1cccc(Br)c1. The van der Waals surface area contributed by atoms with E-state index in [1.807, 2.05) is 53.6 Å². The normalized spacial score (nSPS) is 18.3. The minimum Gasteiger partial charge on any atom is -0.465 e. The Morgan fingerprint density at radius 2 is 2.10 bits per heavy atom. The van der Waals surface area contributed by atoms with Gasteiger partial charge in [0.1, 0.15) is 6.54 Å². The summed E-state index contributed by atoms with van der Waals surface area (Å²) in [7, 11) is 0. The second-order valence-electron chi connectivity index (χ2n) is 6.84. The fourth-order valence-corrected chi connectivity index (χ4v) is 4.43. The zero-order chi connectivity index (χ0) is 21.1. The molecule has 1 aliphatic rings. The van der Waals surface area contributed by atoms with Crippen molar-refractivity contribution in [2.75, 3.05) is 13.2 Å². The van der Waals surface area contributed by atoms with E-state index in [1.165, 1.54) is 0 Å². The van der Waals surface area contributed by atoms with Crippen LogP contribution in [0.4, 0.5) is 0 Å². The van der Waals surface area contributed by atoms with Crippen LogP contribution in [0.25, 0.3) is 5.69 Å². The third kappa shape index (κ3) is 4.11. The van der Waals surface area contributed by atoms with Crippen LogP contribution in [-0.2, 0) is 9.53 Å². The first-order valence-electron chi connectivity index (χ1n) is 9.65. The maximum absolute atomic E-state index is 12.3. The Hall–Kier alpha value is -2.71. The minimum absolute atomic E-state index is 0.0668. The highest BCUT2D eigenvalue weighted by molar-refractivity contribution is 9.10. The molecule has 3 heterocycles. The summed E-state index contributed by atoms with van der Waals surface area (Å²) in [6, 6.07) is 17.5. The first-order valence-corrected chi connectivity index (χ1v) is 10.9. The minimum atomic E-state index is -0.311. The number of hydrogen-bond acceptors (Lipinski definition) is 4. The van der Waals surface area contributed by atoms with Crippen molar-refractivity contribution in [2.45, 2.75) is 19.0 Å². The van der Waals surface area contributed by atoms with E-state index in [0.717, 1.165) is 21.5 Å². The summed E-state index contributed by atoms with van der Waals surface area (Å²) >= 11 is 9.16. The van der Waals surface area contributed by atoms with Crippen molar-refractivity contribution < 1.29 is 9.53 Å². The van der Waals surface area contributed by atoms with Crippen molar-refractivity contribution in [3.05, 3.63) is 82.9 Å². The third-order valence-electron chi connectivity index (χ3n) is 4.97. The Morgan fingerprint density at radius 1 is 1.23 bits per heavy atom. The number of carbonyl (C=O) groups excluding carboxylic acids is 1. The number of halogens is 1. The van der Waals surface area contributed by atoms with E-state index in [9.17, 15) is 4.79 Å². The van der Waals surface area contributed by atoms with Crippen molar-refractivity contribution in [2.24, 2.45) is 0 Å². The van der Waals surface area contributed by atoms with E-state index in [2.05, 4.69) is 42.9 Å². The second kappa shape index (κ2) is 8.97. The van der Waals surface area contributed by atoms with Gasteiger partial charge in [-0.25, -0.2) is 0 Å². The quantitative estimate of drug-likeness (QED) is 0.418. The number of thiocarbonyl (C=S) groups is 1. The summed E-state index contributed by atoms with van der Waals surface area (Å²) < 4.78 is 8.29. The highest BCUT2D eigenvalue weighted by Gasteiger charge is 2.42. The molecular weight excluding hydrogens is 464 g/mol. The lowest BCUT2D eigenvalue weighted by atomic mass is 10.0. The molecule has 1 saturated heterocycles. The average molecular weight is 485 g/mol. The molecule has 1 aromatic carbocycles. The van der Waals surface area contributed by atoms with Gasteiger partial charge in [0.25, 0.3) is 0 Å². The van der Waals surface area contributed by atoms with E-state index in [0.29, 0.717) is 11.7 Å². The number of hydrogen-bond donors (Lipinski definition) is 1. The molecule has 2 aromatic heterocycles. The van der Waals surface area contributed by atoms with Crippen LogP contribution in [-0.4, -0.2) is 38.7 Å². The predicted octanol–water partition coefficient (Wildman–Crippen LogP) is 4.17. The zero-order valence-electron chi connectivity index (χ0n) is 16.4. The van der Waals surface area contributed by atoms with Crippen LogP contribution in [0.1, 0.15) is 30.4 Å². The summed E-state index contributed by atoms with van der Waals surface area (Å²) in [5, 5.41) is 3.87. The molecule has 0 aliphatic carbocycles. The van der Waals surface area contributed by atoms with Crippen LogP contribution in [0.3, 0.4) is 0 Å². The number of benzene rings is 1. The highest BCUT2D eigenvalue weighted by atomic mass is 79.9. The molecular formula is C22H21BrN4O2S. The number of nitrogens with one attached hydrogen (secondary N) is 1. The number of rotatable bonds is 6. The lowest BCUT2D eigenvalue weighted by Crippen LogP contribution is -2.36. The molecule has 4 rings (SSSR count). The van der Waals surface area contributed by atoms with Crippen LogP contribution in [0, 0.1) is 0 Å². The topological polar surface area (TPSA) is 59.4 Å². The van der Waals surface area contributed by atoms with Gasteiger partial charge in [-0.2, -0.15) is 0 Å². The number of carbonyl (C=O) groups is 1. The van der Waals surface area contributed by atoms with Gasteiger partial charge in [0.05, 0.1) is 24.4 Å². The van der Waals surface area contributed by atoms with E-state index >= 15 is 0 Å². The molecule has 0 bridgehead atoms. The number of nitrogens with zero attached hydrogens (tertiary/aromatic N) is 3. The molecule has 30 heavy (non-hydrogen) atoms. The molecule has 1 fully saturated rings. The molecule has 1 aliphatic heterocycles. The molecule has 0 spiro atoms. The van der Waals surface area contributed by atoms with E-state index in [-0.39, 0.29) is 24.6 Å². The van der Waals surface area contributed by atoms with Gasteiger partial charge in [0.2, 0.25) is 0 Å². The number of aromatic nitrogens is 2. The largest absolute Gasteiger partial charge is 0.465 e. The highest BCUT2D eigenvalue weighted by Crippen LogP contribution is 2.39. The maximum atomic E-state index is 12.3. The van der Waals surface area contributed by atoms with Crippen molar-refractivity contribution in [1.82, 2.24) is 19.8 Å². The molecule has 8 heteroatoms. The standard InChI is InChI=1S/C22H21BrN4O2S/c1-2-29-19(28)14-27-21(20(25-22(27)30)17-9-3-4-11-24-17)18-10-6-12-26(18)16-8-5-7-15(23)13-16/h3-13,20-21H,2,14H2,1H3,(H,25,30)/t20-,21+/m1/s1. The Kier molecular flexibility index (Phi) is 6.15. The average Bonchev–Trinajstić information content (AvgIpc) is 3.34. The summed E-state index contributed by atoms with van der Waals surface area (Å²) in [5.74, 6) is -0.311. The monoisotopic (exact) mass is 484 g/mol. The first-order chi connectivity index (χ1) is 14.6. The summed E-state index contributed by atoms with van der Waals surface area (Å²) in [6.07, 6.45) is 3.77. The predicted molar refractivity (Wildman–Crippen MR) is 122 cm³/mol.